The van der Waals surface area contributed by atoms with Gasteiger partial charge in [-0.2, -0.15) is 0 Å². The number of hydrogen-bond donors (Lipinski definition) is 1. The lowest BCUT2D eigenvalue weighted by Gasteiger charge is -2.18. The van der Waals surface area contributed by atoms with E-state index in [1.807, 2.05) is 38.1 Å². The van der Waals surface area contributed by atoms with Crippen molar-refractivity contribution in [2.75, 3.05) is 6.61 Å². The Hall–Kier alpha value is -1.20. The van der Waals surface area contributed by atoms with Gasteiger partial charge in [-0.05, 0) is 45.7 Å². The van der Waals surface area contributed by atoms with Crippen LogP contribution in [0.3, 0.4) is 0 Å². The third-order valence-corrected chi connectivity index (χ3v) is 5.55. The smallest absolute Gasteiger partial charge is 0.305 e. The van der Waals surface area contributed by atoms with Gasteiger partial charge in [-0.1, -0.05) is 30.5 Å². The van der Waals surface area contributed by atoms with Crippen LogP contribution in [0.15, 0.2) is 29.2 Å². The molecule has 0 fully saturated rings. The average molecular weight is 340 g/mol. The first-order valence-corrected chi connectivity index (χ1v) is 9.48. The lowest BCUT2D eigenvalue weighted by molar-refractivity contribution is -0.143. The second-order valence-electron chi connectivity index (χ2n) is 5.79. The van der Waals surface area contributed by atoms with Crippen LogP contribution in [0.1, 0.15) is 51.5 Å². The molecule has 4 nitrogen and oxygen atoms in total. The van der Waals surface area contributed by atoms with Crippen molar-refractivity contribution in [2.24, 2.45) is 0 Å². The van der Waals surface area contributed by atoms with Crippen molar-refractivity contribution in [1.29, 1.82) is 0 Å². The molecular weight excluding hydrogens is 312 g/mol. The molecule has 0 aromatic heterocycles. The Morgan fingerprint density at radius 3 is 2.48 bits per heavy atom. The zero-order valence-electron chi connectivity index (χ0n) is 14.3. The fourth-order valence-corrected chi connectivity index (χ4v) is 3.55. The average Bonchev–Trinajstić information content (AvgIpc) is 2.54. The predicted octanol–water partition coefficient (Wildman–Crippen LogP) is 3.37. The van der Waals surface area contributed by atoms with Crippen molar-refractivity contribution in [3.63, 3.8) is 0 Å². The standard InChI is InChI=1S/C18H28O4S/c1-4-22-18(20)9-7-5-6-8-17(19)15(3)23(21)16-12-10-14(2)11-13-16/h10-13,15,17,19H,4-9H2,1-3H3/t15?,17-,23?/m1/s1. The van der Waals surface area contributed by atoms with E-state index in [4.69, 9.17) is 4.74 Å². The lowest BCUT2D eigenvalue weighted by Crippen LogP contribution is -2.27. The van der Waals surface area contributed by atoms with E-state index in [9.17, 15) is 14.1 Å². The van der Waals surface area contributed by atoms with Crippen LogP contribution in [0, 0.1) is 6.92 Å². The summed E-state index contributed by atoms with van der Waals surface area (Å²) in [5.74, 6) is -0.165. The molecule has 0 aliphatic heterocycles. The molecule has 3 atom stereocenters. The van der Waals surface area contributed by atoms with Crippen molar-refractivity contribution in [2.45, 2.75) is 69.1 Å². The number of ether oxygens (including phenoxy) is 1. The van der Waals surface area contributed by atoms with E-state index in [2.05, 4.69) is 0 Å². The number of rotatable bonds is 10. The SMILES string of the molecule is CCOC(=O)CCCCC[C@@H](O)C(C)S(=O)c1ccc(C)cc1. The van der Waals surface area contributed by atoms with Gasteiger partial charge in [0.15, 0.2) is 0 Å². The van der Waals surface area contributed by atoms with Gasteiger partial charge in [-0.3, -0.25) is 9.00 Å². The molecule has 0 spiro atoms. The molecule has 1 aromatic rings. The van der Waals surface area contributed by atoms with Crippen LogP contribution in [0.2, 0.25) is 0 Å². The van der Waals surface area contributed by atoms with Crippen LogP contribution < -0.4 is 0 Å². The molecule has 0 bridgehead atoms. The van der Waals surface area contributed by atoms with E-state index < -0.39 is 16.9 Å². The Bertz CT molecular complexity index is 498. The Labute approximate surface area is 141 Å². The maximum absolute atomic E-state index is 12.4. The number of aliphatic hydroxyl groups excluding tert-OH is 1. The first-order chi connectivity index (χ1) is 11.0. The third kappa shape index (κ3) is 7.27. The van der Waals surface area contributed by atoms with E-state index in [-0.39, 0.29) is 11.2 Å². The normalized spacial score (nSPS) is 15.0. The summed E-state index contributed by atoms with van der Waals surface area (Å²) in [7, 11) is -1.21. The summed E-state index contributed by atoms with van der Waals surface area (Å²) in [5.41, 5.74) is 1.13. The fraction of sp³-hybridized carbons (Fsp3) is 0.611. The minimum atomic E-state index is -1.21. The predicted molar refractivity (Wildman–Crippen MR) is 92.8 cm³/mol. The largest absolute Gasteiger partial charge is 0.466 e. The molecule has 1 rings (SSSR count). The summed E-state index contributed by atoms with van der Waals surface area (Å²) in [6, 6.07) is 7.57. The second kappa shape index (κ2) is 10.6. The van der Waals surface area contributed by atoms with Crippen molar-refractivity contribution >= 4 is 16.8 Å². The zero-order chi connectivity index (χ0) is 17.2. The molecular formula is C18H28O4S. The minimum Gasteiger partial charge on any atom is -0.466 e. The molecule has 1 N–H and O–H groups in total. The number of hydrogen-bond acceptors (Lipinski definition) is 4. The lowest BCUT2D eigenvalue weighted by atomic mass is 10.1. The molecule has 0 aliphatic carbocycles. The Kier molecular flexibility index (Phi) is 9.10. The van der Waals surface area contributed by atoms with E-state index in [1.165, 1.54) is 0 Å². The number of carbonyl (C=O) groups is 1. The number of unbranched alkanes of at least 4 members (excludes halogenated alkanes) is 2. The Morgan fingerprint density at radius 1 is 1.22 bits per heavy atom. The van der Waals surface area contributed by atoms with Crippen molar-refractivity contribution in [3.8, 4) is 0 Å². The van der Waals surface area contributed by atoms with Gasteiger partial charge in [0.2, 0.25) is 0 Å². The van der Waals surface area contributed by atoms with Gasteiger partial charge in [0.05, 0.1) is 28.8 Å². The van der Waals surface area contributed by atoms with Crippen LogP contribution in [0.4, 0.5) is 0 Å². The van der Waals surface area contributed by atoms with Gasteiger partial charge >= 0.3 is 5.97 Å². The molecule has 130 valence electrons. The van der Waals surface area contributed by atoms with E-state index in [1.54, 1.807) is 6.92 Å². The number of carbonyl (C=O) groups excluding carboxylic acids is 1. The maximum atomic E-state index is 12.4. The number of esters is 1. The summed E-state index contributed by atoms with van der Waals surface area (Å²) in [6.07, 6.45) is 2.87. The first-order valence-electron chi connectivity index (χ1n) is 8.26. The van der Waals surface area contributed by atoms with Crippen LogP contribution in [-0.4, -0.2) is 33.2 Å². The molecule has 0 heterocycles. The number of aliphatic hydroxyl groups is 1. The quantitative estimate of drug-likeness (QED) is 0.524. The zero-order valence-corrected chi connectivity index (χ0v) is 15.1. The molecule has 0 saturated carbocycles. The highest BCUT2D eigenvalue weighted by atomic mass is 32.2. The van der Waals surface area contributed by atoms with E-state index in [0.29, 0.717) is 19.4 Å². The Morgan fingerprint density at radius 2 is 1.87 bits per heavy atom. The number of benzene rings is 1. The van der Waals surface area contributed by atoms with Crippen LogP contribution in [0.25, 0.3) is 0 Å². The number of aryl methyl sites for hydroxylation is 1. The maximum Gasteiger partial charge on any atom is 0.305 e. The van der Waals surface area contributed by atoms with Crippen LogP contribution >= 0.6 is 0 Å². The molecule has 0 saturated heterocycles. The van der Waals surface area contributed by atoms with Gasteiger partial charge in [-0.15, -0.1) is 0 Å². The summed E-state index contributed by atoms with van der Waals surface area (Å²) in [4.78, 5) is 12.0. The molecule has 1 aromatic carbocycles. The molecule has 0 amide bonds. The molecule has 0 radical (unpaired) electrons. The summed E-state index contributed by atoms with van der Waals surface area (Å²) >= 11 is 0. The van der Waals surface area contributed by atoms with Gasteiger partial charge in [0.1, 0.15) is 0 Å². The first kappa shape index (κ1) is 19.8. The van der Waals surface area contributed by atoms with E-state index in [0.717, 1.165) is 29.7 Å². The van der Waals surface area contributed by atoms with Gasteiger partial charge in [0.25, 0.3) is 0 Å². The highest BCUT2D eigenvalue weighted by molar-refractivity contribution is 7.85. The highest BCUT2D eigenvalue weighted by Gasteiger charge is 2.21. The summed E-state index contributed by atoms with van der Waals surface area (Å²) < 4.78 is 17.3. The molecule has 2 unspecified atom stereocenters. The summed E-state index contributed by atoms with van der Waals surface area (Å²) in [6.45, 7) is 6.02. The minimum absolute atomic E-state index is 0.165. The van der Waals surface area contributed by atoms with Crippen molar-refractivity contribution in [1.82, 2.24) is 0 Å². The highest BCUT2D eigenvalue weighted by Crippen LogP contribution is 2.18. The molecule has 5 heteroatoms. The van der Waals surface area contributed by atoms with Gasteiger partial charge in [0, 0.05) is 11.3 Å². The van der Waals surface area contributed by atoms with Crippen LogP contribution in [-0.2, 0) is 20.3 Å². The third-order valence-electron chi connectivity index (χ3n) is 3.82. The van der Waals surface area contributed by atoms with Crippen molar-refractivity contribution in [3.05, 3.63) is 29.8 Å². The van der Waals surface area contributed by atoms with Gasteiger partial charge < -0.3 is 9.84 Å². The van der Waals surface area contributed by atoms with Crippen LogP contribution in [0.5, 0.6) is 0 Å². The van der Waals surface area contributed by atoms with Crippen molar-refractivity contribution < 1.29 is 18.8 Å². The topological polar surface area (TPSA) is 63.6 Å². The Balaban J connectivity index is 2.30. The molecule has 23 heavy (non-hydrogen) atoms. The second-order valence-corrected chi connectivity index (χ2v) is 7.60. The molecule has 0 aliphatic rings. The fourth-order valence-electron chi connectivity index (χ4n) is 2.30. The monoisotopic (exact) mass is 340 g/mol. The van der Waals surface area contributed by atoms with Gasteiger partial charge in [-0.25, -0.2) is 0 Å². The summed E-state index contributed by atoms with van der Waals surface area (Å²) in [5, 5.41) is 9.91. The van der Waals surface area contributed by atoms with E-state index >= 15 is 0 Å².